The highest BCUT2D eigenvalue weighted by Crippen LogP contribution is 2.41. The lowest BCUT2D eigenvalue weighted by molar-refractivity contribution is 0.0940. The van der Waals surface area contributed by atoms with Gasteiger partial charge in [0.2, 0.25) is 6.79 Å². The van der Waals surface area contributed by atoms with Crippen LogP contribution in [0.1, 0.15) is 51.3 Å². The molecule has 7 nitrogen and oxygen atoms in total. The van der Waals surface area contributed by atoms with Crippen molar-refractivity contribution in [3.8, 4) is 11.5 Å². The molecule has 1 aromatic carbocycles. The lowest BCUT2D eigenvalue weighted by Gasteiger charge is -2.37. The summed E-state index contributed by atoms with van der Waals surface area (Å²) in [5, 5.41) is 3.09. The van der Waals surface area contributed by atoms with Crippen LogP contribution in [-0.2, 0) is 0 Å². The smallest absolute Gasteiger partial charge is 0.252 e. The van der Waals surface area contributed by atoms with E-state index in [1.807, 2.05) is 12.1 Å². The van der Waals surface area contributed by atoms with Crippen LogP contribution in [0.25, 0.3) is 0 Å². The van der Waals surface area contributed by atoms with Crippen molar-refractivity contribution < 1.29 is 15.7 Å². The summed E-state index contributed by atoms with van der Waals surface area (Å²) in [6.45, 7) is 6.55. The number of carbonyl (C=O) groups excluding carboxylic acids is 1. The van der Waals surface area contributed by atoms with Crippen LogP contribution in [0.4, 0.5) is 5.69 Å². The SMILES string of the molecule is C.O=C(NCC1CCC(CCN2CCN(c3cccc4c3OCO4)CC2)CC1)c1cccnc1.[HH]. The number of carbonyl (C=O) groups is 1. The number of ether oxygens (including phenoxy) is 2. The van der Waals surface area contributed by atoms with Gasteiger partial charge < -0.3 is 19.7 Å². The summed E-state index contributed by atoms with van der Waals surface area (Å²) in [6, 6.07) is 9.78. The van der Waals surface area contributed by atoms with Crippen LogP contribution in [0.3, 0.4) is 0 Å². The Hall–Kier alpha value is -2.80. The third-order valence-corrected chi connectivity index (χ3v) is 7.38. The van der Waals surface area contributed by atoms with E-state index in [0.29, 0.717) is 18.3 Å². The molecule has 1 saturated heterocycles. The molecule has 2 aromatic rings. The van der Waals surface area contributed by atoms with Gasteiger partial charge in [-0.2, -0.15) is 0 Å². The molecule has 1 aliphatic carbocycles. The van der Waals surface area contributed by atoms with Crippen LogP contribution < -0.4 is 19.7 Å². The lowest BCUT2D eigenvalue weighted by atomic mass is 9.80. The van der Waals surface area contributed by atoms with Crippen molar-refractivity contribution in [1.29, 1.82) is 0 Å². The molecule has 7 heteroatoms. The van der Waals surface area contributed by atoms with Gasteiger partial charge in [-0.3, -0.25) is 14.7 Å². The second-order valence-electron chi connectivity index (χ2n) is 9.47. The Morgan fingerprint density at radius 1 is 1.03 bits per heavy atom. The number of nitrogens with zero attached hydrogens (tertiary/aromatic N) is 3. The number of rotatable bonds is 7. The number of hydrogen-bond acceptors (Lipinski definition) is 6. The Kier molecular flexibility index (Phi) is 8.27. The average molecular weight is 469 g/mol. The summed E-state index contributed by atoms with van der Waals surface area (Å²) in [7, 11) is 0. The molecule has 186 valence electrons. The molecule has 0 spiro atoms. The van der Waals surface area contributed by atoms with Crippen LogP contribution in [-0.4, -0.2) is 61.9 Å². The second kappa shape index (κ2) is 11.6. The maximum atomic E-state index is 12.2. The highest BCUT2D eigenvalue weighted by molar-refractivity contribution is 5.93. The first-order valence-electron chi connectivity index (χ1n) is 12.3. The summed E-state index contributed by atoms with van der Waals surface area (Å²) in [5.74, 6) is 3.17. The van der Waals surface area contributed by atoms with Gasteiger partial charge >= 0.3 is 0 Å². The largest absolute Gasteiger partial charge is 0.454 e. The van der Waals surface area contributed by atoms with E-state index in [9.17, 15) is 4.79 Å². The third-order valence-electron chi connectivity index (χ3n) is 7.38. The van der Waals surface area contributed by atoms with E-state index < -0.39 is 0 Å². The predicted molar refractivity (Wildman–Crippen MR) is 137 cm³/mol. The van der Waals surface area contributed by atoms with E-state index in [2.05, 4.69) is 32.2 Å². The number of aromatic nitrogens is 1. The van der Waals surface area contributed by atoms with E-state index in [4.69, 9.17) is 9.47 Å². The van der Waals surface area contributed by atoms with Crippen molar-refractivity contribution in [2.24, 2.45) is 11.8 Å². The fourth-order valence-electron chi connectivity index (χ4n) is 5.30. The Bertz CT molecular complexity index is 929. The fraction of sp³-hybridized carbons (Fsp3) is 0.556. The average Bonchev–Trinajstić information content (AvgIpc) is 3.37. The van der Waals surface area contributed by atoms with Gasteiger partial charge in [0.25, 0.3) is 5.91 Å². The number of fused-ring (bicyclic) bond motifs is 1. The van der Waals surface area contributed by atoms with Crippen molar-refractivity contribution >= 4 is 11.6 Å². The normalized spacial score (nSPS) is 22.2. The first-order valence-corrected chi connectivity index (χ1v) is 12.3. The van der Waals surface area contributed by atoms with Gasteiger partial charge in [0, 0.05) is 46.5 Å². The van der Waals surface area contributed by atoms with Gasteiger partial charge in [-0.15, -0.1) is 0 Å². The summed E-state index contributed by atoms with van der Waals surface area (Å²) in [6.07, 6.45) is 9.59. The van der Waals surface area contributed by atoms with E-state index >= 15 is 0 Å². The topological polar surface area (TPSA) is 66.9 Å². The molecule has 0 radical (unpaired) electrons. The van der Waals surface area contributed by atoms with E-state index in [1.54, 1.807) is 18.5 Å². The molecule has 3 aliphatic rings. The van der Waals surface area contributed by atoms with E-state index in [-0.39, 0.29) is 14.8 Å². The lowest BCUT2D eigenvalue weighted by Crippen LogP contribution is -2.47. The van der Waals surface area contributed by atoms with Crippen molar-refractivity contribution in [3.05, 3.63) is 48.3 Å². The quantitative estimate of drug-likeness (QED) is 0.648. The van der Waals surface area contributed by atoms with Crippen molar-refractivity contribution in [2.75, 3.05) is 51.0 Å². The van der Waals surface area contributed by atoms with Crippen LogP contribution in [0.15, 0.2) is 42.7 Å². The number of anilines is 1. The van der Waals surface area contributed by atoms with Gasteiger partial charge in [0.05, 0.1) is 11.3 Å². The summed E-state index contributed by atoms with van der Waals surface area (Å²) >= 11 is 0. The monoisotopic (exact) mass is 468 g/mol. The number of pyridine rings is 1. The standard InChI is InChI=1S/C26H34N4O3.CH4.H2/c31-26(22-3-2-11-27-18-22)28-17-21-8-6-20(7-9-21)10-12-29-13-15-30(16-14-29)23-4-1-5-24-25(23)33-19-32-24;;/h1-5,11,18,20-21H,6-10,12-17,19H2,(H,28,31);1H4;1H. The minimum absolute atomic E-state index is 0. The maximum absolute atomic E-state index is 12.2. The van der Waals surface area contributed by atoms with E-state index in [0.717, 1.165) is 50.1 Å². The van der Waals surface area contributed by atoms with Gasteiger partial charge in [0.15, 0.2) is 11.5 Å². The number of para-hydroxylation sites is 1. The molecule has 1 N–H and O–H groups in total. The zero-order chi connectivity index (χ0) is 22.5. The van der Waals surface area contributed by atoms with Gasteiger partial charge in [-0.1, -0.05) is 26.3 Å². The number of amides is 1. The van der Waals surface area contributed by atoms with Gasteiger partial charge in [0.1, 0.15) is 0 Å². The minimum Gasteiger partial charge on any atom is -0.454 e. The predicted octanol–water partition coefficient (Wildman–Crippen LogP) is 4.44. The zero-order valence-corrected chi connectivity index (χ0v) is 19.2. The molecular weight excluding hydrogens is 428 g/mol. The minimum atomic E-state index is -0.0103. The van der Waals surface area contributed by atoms with Crippen molar-refractivity contribution in [3.63, 3.8) is 0 Å². The summed E-state index contributed by atoms with van der Waals surface area (Å²) in [4.78, 5) is 21.3. The second-order valence-corrected chi connectivity index (χ2v) is 9.47. The van der Waals surface area contributed by atoms with Gasteiger partial charge in [-0.25, -0.2) is 0 Å². The van der Waals surface area contributed by atoms with Gasteiger partial charge in [-0.05, 0) is 61.9 Å². The number of hydrogen-bond donors (Lipinski definition) is 1. The molecule has 0 unspecified atom stereocenters. The molecule has 5 rings (SSSR count). The molecule has 0 bridgehead atoms. The van der Waals surface area contributed by atoms with E-state index in [1.165, 1.54) is 44.3 Å². The van der Waals surface area contributed by atoms with Crippen molar-refractivity contribution in [2.45, 2.75) is 39.5 Å². The first-order chi connectivity index (χ1) is 16.3. The first kappa shape index (κ1) is 24.3. The van der Waals surface area contributed by atoms with Crippen LogP contribution in [0.2, 0.25) is 0 Å². The highest BCUT2D eigenvalue weighted by atomic mass is 16.7. The molecule has 3 heterocycles. The summed E-state index contributed by atoms with van der Waals surface area (Å²) in [5.41, 5.74) is 1.81. The third kappa shape index (κ3) is 5.81. The number of nitrogens with one attached hydrogen (secondary N) is 1. The maximum Gasteiger partial charge on any atom is 0.252 e. The number of benzene rings is 1. The Balaban J connectivity index is 0.00000171. The molecule has 2 fully saturated rings. The highest BCUT2D eigenvalue weighted by Gasteiger charge is 2.26. The van der Waals surface area contributed by atoms with Crippen LogP contribution >= 0.6 is 0 Å². The molecule has 1 aromatic heterocycles. The Labute approximate surface area is 204 Å². The Morgan fingerprint density at radius 2 is 1.82 bits per heavy atom. The molecule has 0 atom stereocenters. The van der Waals surface area contributed by atoms with Crippen LogP contribution in [0.5, 0.6) is 11.5 Å². The molecule has 1 amide bonds. The molecule has 2 aliphatic heterocycles. The molecular formula is C27H40N4O3. The number of piperazine rings is 1. The zero-order valence-electron chi connectivity index (χ0n) is 19.2. The van der Waals surface area contributed by atoms with Crippen molar-refractivity contribution in [1.82, 2.24) is 15.2 Å². The van der Waals surface area contributed by atoms with Crippen LogP contribution in [0, 0.1) is 11.8 Å². The molecule has 1 saturated carbocycles. The molecule has 34 heavy (non-hydrogen) atoms. The summed E-state index contributed by atoms with van der Waals surface area (Å²) < 4.78 is 11.2. The fourth-order valence-corrected chi connectivity index (χ4v) is 5.30. The Morgan fingerprint density at radius 3 is 2.59 bits per heavy atom.